The molecule has 1 atom stereocenters. The molecule has 1 fully saturated rings. The van der Waals surface area contributed by atoms with Crippen LogP contribution in [0.2, 0.25) is 0 Å². The van der Waals surface area contributed by atoms with Crippen LogP contribution in [0, 0.1) is 17.5 Å². The number of ether oxygens (including phenoxy) is 2. The van der Waals surface area contributed by atoms with Crippen LogP contribution in [-0.4, -0.2) is 73.8 Å². The van der Waals surface area contributed by atoms with E-state index in [2.05, 4.69) is 9.62 Å². The average Bonchev–Trinajstić information content (AvgIpc) is 2.86. The zero-order valence-electron chi connectivity index (χ0n) is 20.2. The van der Waals surface area contributed by atoms with Gasteiger partial charge in [0.1, 0.15) is 17.6 Å². The van der Waals surface area contributed by atoms with E-state index in [0.29, 0.717) is 37.6 Å². The van der Waals surface area contributed by atoms with Crippen molar-refractivity contribution >= 4 is 27.7 Å². The van der Waals surface area contributed by atoms with E-state index in [1.54, 1.807) is 13.8 Å². The molecule has 0 aliphatic carbocycles. The molecule has 0 aromatic heterocycles. The molecule has 0 radical (unpaired) electrons. The Bertz CT molecular complexity index is 1170. The minimum absolute atomic E-state index is 0.0662. The van der Waals surface area contributed by atoms with E-state index < -0.39 is 54.8 Å². The standard InChI is InChI=1S/C23H28F3N3O6S2/c1-23(2,36-12-9-29-7-10-34-11-8-29)21(22(30)27-31)28-37(32,33)17-13-18(25)20(19(26)14-17)35-16-5-3-15(24)4-6-16/h3-6,13-14,21,28,31H,7-12H2,1-2H3,(H,27,30)/t21-/m0/s1. The summed E-state index contributed by atoms with van der Waals surface area (Å²) in [7, 11) is -4.63. The van der Waals surface area contributed by atoms with Gasteiger partial charge in [0, 0.05) is 30.1 Å². The molecule has 37 heavy (non-hydrogen) atoms. The van der Waals surface area contributed by atoms with Gasteiger partial charge < -0.3 is 9.47 Å². The first-order valence-corrected chi connectivity index (χ1v) is 13.7. The Morgan fingerprint density at radius 2 is 1.76 bits per heavy atom. The third kappa shape index (κ3) is 7.82. The lowest BCUT2D eigenvalue weighted by Gasteiger charge is -2.34. The van der Waals surface area contributed by atoms with Gasteiger partial charge in [-0.05, 0) is 50.2 Å². The first-order chi connectivity index (χ1) is 17.4. The summed E-state index contributed by atoms with van der Waals surface area (Å²) >= 11 is 1.29. The SMILES string of the molecule is CC(C)(SCCN1CCOCC1)[C@@H](NS(=O)(=O)c1cc(F)c(Oc2ccc(F)cc2)c(F)c1)C(=O)NO. The smallest absolute Gasteiger partial charge is 0.262 e. The number of nitrogens with zero attached hydrogens (tertiary/aromatic N) is 1. The molecule has 14 heteroatoms. The normalized spacial score (nSPS) is 15.8. The van der Waals surface area contributed by atoms with Crippen LogP contribution in [0.3, 0.4) is 0 Å². The first-order valence-electron chi connectivity index (χ1n) is 11.3. The predicted molar refractivity (Wildman–Crippen MR) is 131 cm³/mol. The number of morpholine rings is 1. The van der Waals surface area contributed by atoms with E-state index in [4.69, 9.17) is 9.47 Å². The number of hydroxylamine groups is 1. The average molecular weight is 564 g/mol. The molecule has 1 amide bonds. The topological polar surface area (TPSA) is 117 Å². The highest BCUT2D eigenvalue weighted by Crippen LogP contribution is 2.32. The maximum atomic E-state index is 14.7. The number of amides is 1. The van der Waals surface area contributed by atoms with Crippen molar-refractivity contribution in [3.8, 4) is 11.5 Å². The van der Waals surface area contributed by atoms with Crippen molar-refractivity contribution in [3.05, 3.63) is 53.8 Å². The van der Waals surface area contributed by atoms with Crippen molar-refractivity contribution in [1.29, 1.82) is 0 Å². The summed E-state index contributed by atoms with van der Waals surface area (Å²) in [4.78, 5) is 13.8. The van der Waals surface area contributed by atoms with Crippen molar-refractivity contribution in [3.63, 3.8) is 0 Å². The highest BCUT2D eigenvalue weighted by atomic mass is 32.2. The number of sulfonamides is 1. The second-order valence-electron chi connectivity index (χ2n) is 8.71. The van der Waals surface area contributed by atoms with E-state index in [9.17, 15) is 31.6 Å². The summed E-state index contributed by atoms with van der Waals surface area (Å²) in [5, 5.41) is 9.22. The monoisotopic (exact) mass is 563 g/mol. The Morgan fingerprint density at radius 1 is 1.16 bits per heavy atom. The quantitative estimate of drug-likeness (QED) is 0.282. The zero-order valence-corrected chi connectivity index (χ0v) is 21.8. The van der Waals surface area contributed by atoms with Crippen LogP contribution in [0.15, 0.2) is 41.3 Å². The van der Waals surface area contributed by atoms with Gasteiger partial charge >= 0.3 is 0 Å². The van der Waals surface area contributed by atoms with Crippen LogP contribution in [0.1, 0.15) is 13.8 Å². The summed E-state index contributed by atoms with van der Waals surface area (Å²) in [6, 6.07) is 3.95. The molecule has 2 aromatic carbocycles. The summed E-state index contributed by atoms with van der Waals surface area (Å²) in [5.41, 5.74) is 1.45. The highest BCUT2D eigenvalue weighted by molar-refractivity contribution is 8.00. The van der Waals surface area contributed by atoms with E-state index in [0.717, 1.165) is 37.4 Å². The fourth-order valence-corrected chi connectivity index (χ4v) is 6.20. The van der Waals surface area contributed by atoms with Crippen LogP contribution < -0.4 is 14.9 Å². The molecular formula is C23H28F3N3O6S2. The molecule has 1 aliphatic rings. The maximum absolute atomic E-state index is 14.7. The number of rotatable bonds is 11. The predicted octanol–water partition coefficient (Wildman–Crippen LogP) is 2.89. The van der Waals surface area contributed by atoms with Crippen LogP contribution in [0.4, 0.5) is 13.2 Å². The minimum Gasteiger partial charge on any atom is -0.451 e. The van der Waals surface area contributed by atoms with Gasteiger partial charge in [0.15, 0.2) is 17.4 Å². The summed E-state index contributed by atoms with van der Waals surface area (Å²) in [6.45, 7) is 6.64. The van der Waals surface area contributed by atoms with Gasteiger partial charge in [-0.1, -0.05) is 0 Å². The minimum atomic E-state index is -4.63. The van der Waals surface area contributed by atoms with E-state index >= 15 is 0 Å². The number of carbonyl (C=O) groups excluding carboxylic acids is 1. The van der Waals surface area contributed by atoms with Crippen molar-refractivity contribution in [2.45, 2.75) is 29.5 Å². The Balaban J connectivity index is 1.76. The second-order valence-corrected chi connectivity index (χ2v) is 12.2. The van der Waals surface area contributed by atoms with Crippen LogP contribution >= 0.6 is 11.8 Å². The number of hydrogen-bond acceptors (Lipinski definition) is 8. The van der Waals surface area contributed by atoms with E-state index in [-0.39, 0.29) is 5.75 Å². The van der Waals surface area contributed by atoms with Crippen LogP contribution in [0.25, 0.3) is 0 Å². The Morgan fingerprint density at radius 3 is 2.32 bits per heavy atom. The lowest BCUT2D eigenvalue weighted by Crippen LogP contribution is -2.56. The molecule has 0 unspecified atom stereocenters. The first kappa shape index (κ1) is 29.2. The molecule has 1 heterocycles. The lowest BCUT2D eigenvalue weighted by molar-refractivity contribution is -0.131. The third-order valence-electron chi connectivity index (χ3n) is 5.64. The van der Waals surface area contributed by atoms with E-state index in [1.807, 2.05) is 0 Å². The molecule has 3 rings (SSSR count). The van der Waals surface area contributed by atoms with Gasteiger partial charge in [0.25, 0.3) is 5.91 Å². The molecule has 0 spiro atoms. The Hall–Kier alpha value is -2.36. The fraction of sp³-hybridized carbons (Fsp3) is 0.435. The number of carbonyl (C=O) groups is 1. The number of hydrogen-bond donors (Lipinski definition) is 3. The molecule has 0 bridgehead atoms. The summed E-state index contributed by atoms with van der Waals surface area (Å²) in [5.74, 6) is -4.67. The molecule has 2 aromatic rings. The van der Waals surface area contributed by atoms with Gasteiger partial charge in [-0.3, -0.25) is 14.9 Å². The van der Waals surface area contributed by atoms with Gasteiger partial charge in [0.2, 0.25) is 10.0 Å². The number of halogens is 3. The van der Waals surface area contributed by atoms with Crippen LogP contribution in [0.5, 0.6) is 11.5 Å². The van der Waals surface area contributed by atoms with Crippen molar-refractivity contribution in [2.75, 3.05) is 38.6 Å². The zero-order chi connectivity index (χ0) is 27.2. The molecule has 3 N–H and O–H groups in total. The second kappa shape index (κ2) is 12.5. The van der Waals surface area contributed by atoms with Crippen LogP contribution in [-0.2, 0) is 19.6 Å². The number of thioether (sulfide) groups is 1. The largest absolute Gasteiger partial charge is 0.451 e. The molecule has 1 aliphatic heterocycles. The maximum Gasteiger partial charge on any atom is 0.262 e. The van der Waals surface area contributed by atoms with Gasteiger partial charge in [0.05, 0.1) is 18.1 Å². The molecule has 1 saturated heterocycles. The Kier molecular flexibility index (Phi) is 9.83. The summed E-state index contributed by atoms with van der Waals surface area (Å²) < 4.78 is 80.0. The van der Waals surface area contributed by atoms with E-state index in [1.165, 1.54) is 17.2 Å². The number of benzene rings is 2. The third-order valence-corrected chi connectivity index (χ3v) is 8.41. The van der Waals surface area contributed by atoms with Crippen molar-refractivity contribution in [2.24, 2.45) is 0 Å². The molecule has 204 valence electrons. The fourth-order valence-electron chi connectivity index (χ4n) is 3.55. The van der Waals surface area contributed by atoms with Gasteiger partial charge in [-0.2, -0.15) is 16.5 Å². The molecular weight excluding hydrogens is 535 g/mol. The molecule has 9 nitrogen and oxygen atoms in total. The van der Waals surface area contributed by atoms with Gasteiger partial charge in [-0.25, -0.2) is 27.1 Å². The number of nitrogens with one attached hydrogen (secondary N) is 2. The van der Waals surface area contributed by atoms with Crippen molar-refractivity contribution < 1.29 is 41.1 Å². The Labute approximate surface area is 217 Å². The lowest BCUT2D eigenvalue weighted by atomic mass is 10.0. The summed E-state index contributed by atoms with van der Waals surface area (Å²) in [6.07, 6.45) is 0. The molecule has 0 saturated carbocycles. The van der Waals surface area contributed by atoms with Crippen molar-refractivity contribution in [1.82, 2.24) is 15.1 Å². The van der Waals surface area contributed by atoms with Gasteiger partial charge in [-0.15, -0.1) is 0 Å². The highest BCUT2D eigenvalue weighted by Gasteiger charge is 2.39.